The number of carbonyl (C=O) groups is 1. The molecular weight excluding hydrogens is 218 g/mol. The number of rotatable bonds is 5. The first-order chi connectivity index (χ1) is 7.99. The zero-order chi connectivity index (χ0) is 12.9. The number of aliphatic hydroxyl groups is 1. The van der Waals surface area contributed by atoms with E-state index in [2.05, 4.69) is 17.0 Å². The maximum atomic E-state index is 11.3. The molecule has 1 fully saturated rings. The van der Waals surface area contributed by atoms with Gasteiger partial charge in [0.05, 0.1) is 7.11 Å². The third kappa shape index (κ3) is 4.28. The number of hydrogen-bond donors (Lipinski definition) is 2. The van der Waals surface area contributed by atoms with Crippen LogP contribution in [0.25, 0.3) is 0 Å². The van der Waals surface area contributed by atoms with Gasteiger partial charge in [0.25, 0.3) is 0 Å². The predicted octanol–water partition coefficient (Wildman–Crippen LogP) is 1.47. The van der Waals surface area contributed by atoms with E-state index in [9.17, 15) is 9.90 Å². The maximum Gasteiger partial charge on any atom is 0.338 e. The van der Waals surface area contributed by atoms with Gasteiger partial charge in [-0.3, -0.25) is 0 Å². The SMILES string of the molecule is CCC1CCC(NCC(C)(O)C(=O)OC)CC1. The van der Waals surface area contributed by atoms with E-state index in [4.69, 9.17) is 0 Å². The Bertz CT molecular complexity index is 245. The van der Waals surface area contributed by atoms with Crippen LogP contribution in [0.5, 0.6) is 0 Å². The predicted molar refractivity (Wildman–Crippen MR) is 66.7 cm³/mol. The van der Waals surface area contributed by atoms with Crippen molar-refractivity contribution in [2.45, 2.75) is 57.6 Å². The Morgan fingerprint density at radius 2 is 2.00 bits per heavy atom. The van der Waals surface area contributed by atoms with Gasteiger partial charge in [0, 0.05) is 12.6 Å². The Morgan fingerprint density at radius 3 is 2.47 bits per heavy atom. The molecular formula is C13H25NO3. The lowest BCUT2D eigenvalue weighted by Gasteiger charge is -2.30. The lowest BCUT2D eigenvalue weighted by atomic mass is 9.84. The van der Waals surface area contributed by atoms with Gasteiger partial charge in [-0.05, 0) is 38.5 Å². The monoisotopic (exact) mass is 243 g/mol. The fourth-order valence-electron chi connectivity index (χ4n) is 2.41. The number of methoxy groups -OCH3 is 1. The van der Waals surface area contributed by atoms with Crippen molar-refractivity contribution in [3.63, 3.8) is 0 Å². The van der Waals surface area contributed by atoms with Crippen molar-refractivity contribution < 1.29 is 14.6 Å². The van der Waals surface area contributed by atoms with E-state index in [1.807, 2.05) is 0 Å². The second kappa shape index (κ2) is 6.36. The molecule has 0 bridgehead atoms. The summed E-state index contributed by atoms with van der Waals surface area (Å²) in [5.74, 6) is 0.279. The Labute approximate surface area is 104 Å². The van der Waals surface area contributed by atoms with Crippen LogP contribution in [-0.2, 0) is 9.53 Å². The molecule has 1 saturated carbocycles. The van der Waals surface area contributed by atoms with Gasteiger partial charge >= 0.3 is 5.97 Å². The second-order valence-electron chi connectivity index (χ2n) is 5.27. The van der Waals surface area contributed by atoms with Gasteiger partial charge < -0.3 is 15.2 Å². The number of esters is 1. The van der Waals surface area contributed by atoms with Crippen LogP contribution >= 0.6 is 0 Å². The molecule has 1 atom stereocenters. The van der Waals surface area contributed by atoms with E-state index >= 15 is 0 Å². The Balaban J connectivity index is 2.30. The summed E-state index contributed by atoms with van der Waals surface area (Å²) in [7, 11) is 1.29. The molecule has 1 unspecified atom stereocenters. The minimum atomic E-state index is -1.42. The molecule has 0 aromatic heterocycles. The van der Waals surface area contributed by atoms with E-state index in [1.54, 1.807) is 0 Å². The molecule has 4 heteroatoms. The van der Waals surface area contributed by atoms with Gasteiger partial charge in [-0.2, -0.15) is 0 Å². The Kier molecular flexibility index (Phi) is 5.40. The highest BCUT2D eigenvalue weighted by molar-refractivity contribution is 5.78. The highest BCUT2D eigenvalue weighted by atomic mass is 16.5. The summed E-state index contributed by atoms with van der Waals surface area (Å²) in [6.07, 6.45) is 6.02. The molecule has 100 valence electrons. The molecule has 1 aliphatic rings. The van der Waals surface area contributed by atoms with Crippen molar-refractivity contribution in [3.05, 3.63) is 0 Å². The van der Waals surface area contributed by atoms with Gasteiger partial charge in [0.1, 0.15) is 0 Å². The first kappa shape index (κ1) is 14.5. The molecule has 0 amide bonds. The molecule has 0 aromatic carbocycles. The summed E-state index contributed by atoms with van der Waals surface area (Å²) in [6, 6.07) is 0.425. The second-order valence-corrected chi connectivity index (χ2v) is 5.27. The average Bonchev–Trinajstić information content (AvgIpc) is 2.36. The normalized spacial score (nSPS) is 28.5. The van der Waals surface area contributed by atoms with Crippen LogP contribution in [0.4, 0.5) is 0 Å². The van der Waals surface area contributed by atoms with E-state index in [0.29, 0.717) is 6.04 Å². The third-order valence-electron chi connectivity index (χ3n) is 3.78. The lowest BCUT2D eigenvalue weighted by Crippen LogP contribution is -2.49. The number of hydrogen-bond acceptors (Lipinski definition) is 4. The summed E-state index contributed by atoms with van der Waals surface area (Å²) < 4.78 is 4.56. The first-order valence-corrected chi connectivity index (χ1v) is 6.53. The molecule has 0 aromatic rings. The quantitative estimate of drug-likeness (QED) is 0.718. The summed E-state index contributed by atoms with van der Waals surface area (Å²) in [6.45, 7) is 3.99. The number of nitrogens with one attached hydrogen (secondary N) is 1. The van der Waals surface area contributed by atoms with Crippen LogP contribution in [0.2, 0.25) is 0 Å². The van der Waals surface area contributed by atoms with Crippen LogP contribution in [0.15, 0.2) is 0 Å². The van der Waals surface area contributed by atoms with Gasteiger partial charge in [0.15, 0.2) is 5.60 Å². The van der Waals surface area contributed by atoms with Crippen LogP contribution in [0.3, 0.4) is 0 Å². The smallest absolute Gasteiger partial charge is 0.338 e. The van der Waals surface area contributed by atoms with Crippen LogP contribution in [0, 0.1) is 5.92 Å². The minimum absolute atomic E-state index is 0.265. The van der Waals surface area contributed by atoms with Gasteiger partial charge in [-0.25, -0.2) is 4.79 Å². The maximum absolute atomic E-state index is 11.3. The van der Waals surface area contributed by atoms with Crippen molar-refractivity contribution in [1.29, 1.82) is 0 Å². The molecule has 0 heterocycles. The summed E-state index contributed by atoms with van der Waals surface area (Å²) in [5.41, 5.74) is -1.42. The topological polar surface area (TPSA) is 58.6 Å². The van der Waals surface area contributed by atoms with Crippen LogP contribution in [-0.4, -0.2) is 36.4 Å². The molecule has 0 aliphatic heterocycles. The van der Waals surface area contributed by atoms with Crippen LogP contribution in [0.1, 0.15) is 46.0 Å². The Morgan fingerprint density at radius 1 is 1.41 bits per heavy atom. The molecule has 0 spiro atoms. The molecule has 1 rings (SSSR count). The molecule has 2 N–H and O–H groups in total. The summed E-state index contributed by atoms with van der Waals surface area (Å²) in [4.78, 5) is 11.3. The highest BCUT2D eigenvalue weighted by Gasteiger charge is 2.32. The summed E-state index contributed by atoms with van der Waals surface area (Å²) >= 11 is 0. The van der Waals surface area contributed by atoms with Crippen molar-refractivity contribution in [1.82, 2.24) is 5.32 Å². The van der Waals surface area contributed by atoms with E-state index < -0.39 is 11.6 Å². The highest BCUT2D eigenvalue weighted by Crippen LogP contribution is 2.26. The molecule has 0 radical (unpaired) electrons. The zero-order valence-electron chi connectivity index (χ0n) is 11.2. The Hall–Kier alpha value is -0.610. The van der Waals surface area contributed by atoms with Gasteiger partial charge in [-0.15, -0.1) is 0 Å². The lowest BCUT2D eigenvalue weighted by molar-refractivity contribution is -0.160. The third-order valence-corrected chi connectivity index (χ3v) is 3.78. The molecule has 17 heavy (non-hydrogen) atoms. The molecule has 4 nitrogen and oxygen atoms in total. The first-order valence-electron chi connectivity index (χ1n) is 6.53. The fraction of sp³-hybridized carbons (Fsp3) is 0.923. The zero-order valence-corrected chi connectivity index (χ0v) is 11.2. The largest absolute Gasteiger partial charge is 0.467 e. The average molecular weight is 243 g/mol. The number of ether oxygens (including phenoxy) is 1. The van der Waals surface area contributed by atoms with Crippen molar-refractivity contribution in [2.24, 2.45) is 5.92 Å². The molecule has 1 aliphatic carbocycles. The minimum Gasteiger partial charge on any atom is -0.467 e. The molecule has 0 saturated heterocycles. The summed E-state index contributed by atoms with van der Waals surface area (Å²) in [5, 5.41) is 13.1. The standard InChI is InChI=1S/C13H25NO3/c1-4-10-5-7-11(8-6-10)14-9-13(2,16)12(15)17-3/h10-11,14,16H,4-9H2,1-3H3. The van der Waals surface area contributed by atoms with Crippen molar-refractivity contribution in [2.75, 3.05) is 13.7 Å². The number of carbonyl (C=O) groups excluding carboxylic acids is 1. The van der Waals surface area contributed by atoms with E-state index in [-0.39, 0.29) is 6.54 Å². The van der Waals surface area contributed by atoms with Crippen molar-refractivity contribution >= 4 is 5.97 Å². The van der Waals surface area contributed by atoms with Gasteiger partial charge in [-0.1, -0.05) is 13.3 Å². The van der Waals surface area contributed by atoms with Gasteiger partial charge in [0.2, 0.25) is 0 Å². The van der Waals surface area contributed by atoms with E-state index in [1.165, 1.54) is 33.3 Å². The fourth-order valence-corrected chi connectivity index (χ4v) is 2.41. The van der Waals surface area contributed by atoms with E-state index in [0.717, 1.165) is 18.8 Å². The van der Waals surface area contributed by atoms with Crippen LogP contribution < -0.4 is 5.32 Å². The van der Waals surface area contributed by atoms with Crippen molar-refractivity contribution in [3.8, 4) is 0 Å².